The van der Waals surface area contributed by atoms with Crippen LogP contribution in [0.4, 0.5) is 0 Å². The van der Waals surface area contributed by atoms with Gasteiger partial charge in [-0.25, -0.2) is 0 Å². The van der Waals surface area contributed by atoms with E-state index in [1.54, 1.807) is 0 Å². The van der Waals surface area contributed by atoms with Crippen LogP contribution >= 0.6 is 0 Å². The van der Waals surface area contributed by atoms with E-state index >= 15 is 0 Å². The average molecular weight is 235 g/mol. The third-order valence-electron chi connectivity index (χ3n) is 4.83. The highest BCUT2D eigenvalue weighted by molar-refractivity contribution is 4.87. The summed E-state index contributed by atoms with van der Waals surface area (Å²) in [6.07, 6.45) is 16.4. The molecule has 2 aliphatic carbocycles. The lowest BCUT2D eigenvalue weighted by Crippen LogP contribution is -2.42. The van der Waals surface area contributed by atoms with Gasteiger partial charge in [-0.2, -0.15) is 0 Å². The van der Waals surface area contributed by atoms with Crippen molar-refractivity contribution < 1.29 is 0 Å². The Labute approximate surface area is 107 Å². The first kappa shape index (κ1) is 13.1. The smallest absolute Gasteiger partial charge is 0.00980 e. The van der Waals surface area contributed by atoms with Crippen LogP contribution in [0.25, 0.3) is 0 Å². The number of nitrogens with one attached hydrogen (secondary N) is 1. The molecular weight excluding hydrogens is 206 g/mol. The van der Waals surface area contributed by atoms with E-state index < -0.39 is 0 Å². The maximum absolute atomic E-state index is 3.81. The molecule has 2 unspecified atom stereocenters. The van der Waals surface area contributed by atoms with Crippen molar-refractivity contribution in [1.82, 2.24) is 5.32 Å². The molecule has 0 aromatic rings. The molecular formula is C16H29N. The van der Waals surface area contributed by atoms with Crippen LogP contribution in [0.3, 0.4) is 0 Å². The Kier molecular flexibility index (Phi) is 5.57. The van der Waals surface area contributed by atoms with Gasteiger partial charge in [0.1, 0.15) is 0 Å². The highest BCUT2D eigenvalue weighted by Gasteiger charge is 2.31. The summed E-state index contributed by atoms with van der Waals surface area (Å²) < 4.78 is 0. The third kappa shape index (κ3) is 3.84. The van der Waals surface area contributed by atoms with Crippen molar-refractivity contribution in [3.05, 3.63) is 12.7 Å². The second-order valence-electron chi connectivity index (χ2n) is 5.98. The van der Waals surface area contributed by atoms with Crippen molar-refractivity contribution in [2.45, 2.75) is 70.3 Å². The molecule has 0 aliphatic heterocycles. The van der Waals surface area contributed by atoms with Gasteiger partial charge >= 0.3 is 0 Å². The summed E-state index contributed by atoms with van der Waals surface area (Å²) >= 11 is 0. The van der Waals surface area contributed by atoms with Crippen LogP contribution in [-0.4, -0.2) is 12.6 Å². The van der Waals surface area contributed by atoms with Gasteiger partial charge in [0.15, 0.2) is 0 Å². The van der Waals surface area contributed by atoms with Gasteiger partial charge in [0.05, 0.1) is 0 Å². The molecule has 2 rings (SSSR count). The maximum atomic E-state index is 3.81. The number of hydrogen-bond donors (Lipinski definition) is 1. The summed E-state index contributed by atoms with van der Waals surface area (Å²) in [7, 11) is 0. The molecule has 0 bridgehead atoms. The fourth-order valence-corrected chi connectivity index (χ4v) is 3.91. The summed E-state index contributed by atoms with van der Waals surface area (Å²) in [5, 5.41) is 3.80. The number of rotatable bonds is 5. The summed E-state index contributed by atoms with van der Waals surface area (Å²) in [6, 6.07) is 0.812. The largest absolute Gasteiger partial charge is 0.313 e. The van der Waals surface area contributed by atoms with Crippen molar-refractivity contribution in [1.29, 1.82) is 0 Å². The summed E-state index contributed by atoms with van der Waals surface area (Å²) in [4.78, 5) is 0. The van der Waals surface area contributed by atoms with Gasteiger partial charge in [0, 0.05) is 6.04 Å². The minimum absolute atomic E-state index is 0.812. The van der Waals surface area contributed by atoms with Crippen molar-refractivity contribution in [3.8, 4) is 0 Å². The molecule has 98 valence electrons. The molecule has 0 spiro atoms. The molecule has 0 radical (unpaired) electrons. The van der Waals surface area contributed by atoms with Gasteiger partial charge in [0.2, 0.25) is 0 Å². The fourth-order valence-electron chi connectivity index (χ4n) is 3.91. The Morgan fingerprint density at radius 1 is 0.941 bits per heavy atom. The zero-order valence-corrected chi connectivity index (χ0v) is 11.3. The van der Waals surface area contributed by atoms with Crippen LogP contribution in [0.5, 0.6) is 0 Å². The molecule has 1 N–H and O–H groups in total. The molecule has 0 aromatic heterocycles. The molecule has 17 heavy (non-hydrogen) atoms. The molecule has 2 aliphatic rings. The quantitative estimate of drug-likeness (QED) is 0.553. The second kappa shape index (κ2) is 7.20. The van der Waals surface area contributed by atoms with Crippen LogP contribution in [-0.2, 0) is 0 Å². The lowest BCUT2D eigenvalue weighted by Gasteiger charge is -2.39. The van der Waals surface area contributed by atoms with Crippen LogP contribution in [0.15, 0.2) is 12.7 Å². The minimum Gasteiger partial charge on any atom is -0.313 e. The molecule has 2 fully saturated rings. The normalized spacial score (nSPS) is 31.3. The monoisotopic (exact) mass is 235 g/mol. The summed E-state index contributed by atoms with van der Waals surface area (Å²) in [5.41, 5.74) is 0. The zero-order valence-electron chi connectivity index (χ0n) is 11.3. The maximum Gasteiger partial charge on any atom is 0.00980 e. The van der Waals surface area contributed by atoms with E-state index in [0.29, 0.717) is 0 Å². The molecule has 2 saturated carbocycles. The van der Waals surface area contributed by atoms with Gasteiger partial charge in [0.25, 0.3) is 0 Å². The molecule has 1 heteroatoms. The van der Waals surface area contributed by atoms with Crippen LogP contribution in [0, 0.1) is 11.8 Å². The first-order valence-electron chi connectivity index (χ1n) is 7.76. The van der Waals surface area contributed by atoms with E-state index in [9.17, 15) is 0 Å². The zero-order chi connectivity index (χ0) is 11.9. The molecule has 1 nitrogen and oxygen atoms in total. The van der Waals surface area contributed by atoms with Gasteiger partial charge in [-0.3, -0.25) is 0 Å². The molecule has 2 atom stereocenters. The predicted molar refractivity (Wildman–Crippen MR) is 75.1 cm³/mol. The van der Waals surface area contributed by atoms with Gasteiger partial charge in [-0.15, -0.1) is 6.58 Å². The van der Waals surface area contributed by atoms with E-state index in [0.717, 1.165) is 30.8 Å². The Morgan fingerprint density at radius 2 is 1.65 bits per heavy atom. The lowest BCUT2D eigenvalue weighted by molar-refractivity contribution is 0.151. The van der Waals surface area contributed by atoms with Crippen molar-refractivity contribution in [2.24, 2.45) is 11.8 Å². The summed E-state index contributed by atoms with van der Waals surface area (Å²) in [6.45, 7) is 4.95. The van der Waals surface area contributed by atoms with Crippen LogP contribution in [0.2, 0.25) is 0 Å². The molecule has 0 aromatic carbocycles. The van der Waals surface area contributed by atoms with E-state index in [4.69, 9.17) is 0 Å². The SMILES string of the molecule is C=CCCNC1CCCCC1C1CCCCC1. The van der Waals surface area contributed by atoms with Crippen molar-refractivity contribution in [2.75, 3.05) is 6.54 Å². The Balaban J connectivity index is 1.84. The van der Waals surface area contributed by atoms with E-state index in [2.05, 4.69) is 11.9 Å². The topological polar surface area (TPSA) is 12.0 Å². The highest BCUT2D eigenvalue weighted by atomic mass is 14.9. The Hall–Kier alpha value is -0.300. The van der Waals surface area contributed by atoms with E-state index in [1.807, 2.05) is 6.08 Å². The van der Waals surface area contributed by atoms with E-state index in [-0.39, 0.29) is 0 Å². The molecule has 0 saturated heterocycles. The first-order chi connectivity index (χ1) is 8.42. The third-order valence-corrected chi connectivity index (χ3v) is 4.83. The highest BCUT2D eigenvalue weighted by Crippen LogP contribution is 2.38. The predicted octanol–water partition coefficient (Wildman–Crippen LogP) is 4.29. The Morgan fingerprint density at radius 3 is 2.41 bits per heavy atom. The fraction of sp³-hybridized carbons (Fsp3) is 0.875. The number of hydrogen-bond acceptors (Lipinski definition) is 1. The molecule has 0 amide bonds. The van der Waals surface area contributed by atoms with Gasteiger partial charge < -0.3 is 5.32 Å². The van der Waals surface area contributed by atoms with Gasteiger partial charge in [-0.1, -0.05) is 51.0 Å². The Bertz CT molecular complexity index is 218. The average Bonchev–Trinajstić information content (AvgIpc) is 2.41. The van der Waals surface area contributed by atoms with Crippen LogP contribution in [0.1, 0.15) is 64.2 Å². The lowest BCUT2D eigenvalue weighted by atomic mass is 9.71. The van der Waals surface area contributed by atoms with Crippen LogP contribution < -0.4 is 5.32 Å². The first-order valence-corrected chi connectivity index (χ1v) is 7.76. The standard InChI is InChI=1S/C16H29N/c1-2-3-13-17-16-12-8-7-11-15(16)14-9-5-4-6-10-14/h2,14-17H,1,3-13H2. The molecule has 0 heterocycles. The summed E-state index contributed by atoms with van der Waals surface area (Å²) in [5.74, 6) is 2.01. The second-order valence-corrected chi connectivity index (χ2v) is 5.98. The van der Waals surface area contributed by atoms with Crippen molar-refractivity contribution >= 4 is 0 Å². The van der Waals surface area contributed by atoms with E-state index in [1.165, 1.54) is 57.8 Å². The minimum atomic E-state index is 0.812. The van der Waals surface area contributed by atoms with Gasteiger partial charge in [-0.05, 0) is 37.6 Å². The van der Waals surface area contributed by atoms with Crippen molar-refractivity contribution in [3.63, 3.8) is 0 Å².